The van der Waals surface area contributed by atoms with E-state index in [1.165, 1.54) is 0 Å². The number of benzene rings is 2. The minimum absolute atomic E-state index is 0.213. The highest BCUT2D eigenvalue weighted by Gasteiger charge is 2.11. The first-order valence-corrected chi connectivity index (χ1v) is 7.02. The highest BCUT2D eigenvalue weighted by Crippen LogP contribution is 2.18. The van der Waals surface area contributed by atoms with Crippen molar-refractivity contribution in [3.63, 3.8) is 0 Å². The summed E-state index contributed by atoms with van der Waals surface area (Å²) in [7, 11) is 0. The van der Waals surface area contributed by atoms with Gasteiger partial charge in [0.25, 0.3) is 5.91 Å². The molecule has 1 aromatic heterocycles. The summed E-state index contributed by atoms with van der Waals surface area (Å²) in [6.07, 6.45) is 3.19. The Labute approximate surface area is 128 Å². The fourth-order valence-corrected chi connectivity index (χ4v) is 2.18. The molecular weight excluding hydrogens is 278 g/mol. The molecule has 5 nitrogen and oxygen atoms in total. The lowest BCUT2D eigenvalue weighted by atomic mass is 10.1. The molecule has 1 heterocycles. The Morgan fingerprint density at radius 3 is 2.64 bits per heavy atom. The molecule has 0 fully saturated rings. The van der Waals surface area contributed by atoms with Crippen LogP contribution in [0, 0.1) is 0 Å². The van der Waals surface area contributed by atoms with Gasteiger partial charge in [0, 0.05) is 18.1 Å². The van der Waals surface area contributed by atoms with E-state index in [1.54, 1.807) is 36.7 Å². The highest BCUT2D eigenvalue weighted by atomic mass is 16.5. The molecule has 1 amide bonds. The number of fused-ring (bicyclic) bond motifs is 1. The standard InChI is InChI=1S/C17H15N3O2/c1-2-22-13-8-6-12(7-9-13)20-17(21)14-4-3-5-15-16(14)19-11-10-18-15/h3-11H,2H2,1H3,(H,20,21). The van der Waals surface area contributed by atoms with Crippen LogP contribution in [0.4, 0.5) is 5.69 Å². The van der Waals surface area contributed by atoms with Gasteiger partial charge in [-0.15, -0.1) is 0 Å². The molecule has 110 valence electrons. The molecule has 0 aliphatic carbocycles. The van der Waals surface area contributed by atoms with Crippen molar-refractivity contribution >= 4 is 22.6 Å². The van der Waals surface area contributed by atoms with Gasteiger partial charge in [0.1, 0.15) is 11.3 Å². The molecule has 0 spiro atoms. The number of hydrogen-bond acceptors (Lipinski definition) is 4. The van der Waals surface area contributed by atoms with Crippen LogP contribution in [0.25, 0.3) is 11.0 Å². The lowest BCUT2D eigenvalue weighted by Crippen LogP contribution is -2.12. The number of carbonyl (C=O) groups is 1. The van der Waals surface area contributed by atoms with Gasteiger partial charge in [-0.05, 0) is 43.3 Å². The summed E-state index contributed by atoms with van der Waals surface area (Å²) in [6.45, 7) is 2.54. The zero-order chi connectivity index (χ0) is 15.4. The van der Waals surface area contributed by atoms with Gasteiger partial charge in [0.2, 0.25) is 0 Å². The maximum absolute atomic E-state index is 12.4. The van der Waals surface area contributed by atoms with Gasteiger partial charge in [0.05, 0.1) is 17.7 Å². The van der Waals surface area contributed by atoms with Crippen molar-refractivity contribution < 1.29 is 9.53 Å². The van der Waals surface area contributed by atoms with E-state index < -0.39 is 0 Å². The number of nitrogens with one attached hydrogen (secondary N) is 1. The van der Waals surface area contributed by atoms with Crippen LogP contribution in [0.3, 0.4) is 0 Å². The summed E-state index contributed by atoms with van der Waals surface area (Å²) in [6, 6.07) is 12.6. The predicted octanol–water partition coefficient (Wildman–Crippen LogP) is 3.28. The highest BCUT2D eigenvalue weighted by molar-refractivity contribution is 6.11. The van der Waals surface area contributed by atoms with Crippen LogP contribution in [0.2, 0.25) is 0 Å². The third kappa shape index (κ3) is 2.88. The molecule has 1 N–H and O–H groups in total. The molecule has 3 aromatic rings. The molecular formula is C17H15N3O2. The van der Waals surface area contributed by atoms with E-state index in [1.807, 2.05) is 25.1 Å². The summed E-state index contributed by atoms with van der Waals surface area (Å²) >= 11 is 0. The van der Waals surface area contributed by atoms with Crippen LogP contribution in [-0.4, -0.2) is 22.5 Å². The van der Waals surface area contributed by atoms with Crippen molar-refractivity contribution in [3.8, 4) is 5.75 Å². The van der Waals surface area contributed by atoms with Gasteiger partial charge in [-0.1, -0.05) is 6.07 Å². The Bertz CT molecular complexity index is 795. The number of anilines is 1. The van der Waals surface area contributed by atoms with E-state index in [0.717, 1.165) is 5.75 Å². The van der Waals surface area contributed by atoms with Crippen molar-refractivity contribution in [2.45, 2.75) is 6.92 Å². The van der Waals surface area contributed by atoms with Crippen LogP contribution in [0.1, 0.15) is 17.3 Å². The Morgan fingerprint density at radius 2 is 1.86 bits per heavy atom. The Morgan fingerprint density at radius 1 is 1.09 bits per heavy atom. The molecule has 0 aliphatic rings. The van der Waals surface area contributed by atoms with Gasteiger partial charge in [0.15, 0.2) is 0 Å². The van der Waals surface area contributed by atoms with Crippen molar-refractivity contribution in [2.24, 2.45) is 0 Å². The molecule has 0 bridgehead atoms. The van der Waals surface area contributed by atoms with Crippen LogP contribution >= 0.6 is 0 Å². The summed E-state index contributed by atoms with van der Waals surface area (Å²) < 4.78 is 5.38. The van der Waals surface area contributed by atoms with E-state index in [4.69, 9.17) is 4.74 Å². The maximum Gasteiger partial charge on any atom is 0.257 e. The minimum Gasteiger partial charge on any atom is -0.494 e. The first kappa shape index (κ1) is 14.0. The zero-order valence-electron chi connectivity index (χ0n) is 12.1. The summed E-state index contributed by atoms with van der Waals surface area (Å²) in [4.78, 5) is 20.9. The van der Waals surface area contributed by atoms with Crippen LogP contribution < -0.4 is 10.1 Å². The number of ether oxygens (including phenoxy) is 1. The van der Waals surface area contributed by atoms with Crippen LogP contribution in [-0.2, 0) is 0 Å². The van der Waals surface area contributed by atoms with Crippen molar-refractivity contribution in [1.29, 1.82) is 0 Å². The van der Waals surface area contributed by atoms with Gasteiger partial charge in [-0.2, -0.15) is 0 Å². The SMILES string of the molecule is CCOc1ccc(NC(=O)c2cccc3nccnc23)cc1. The van der Waals surface area contributed by atoms with Crippen molar-refractivity contribution in [1.82, 2.24) is 9.97 Å². The molecule has 0 aliphatic heterocycles. The quantitative estimate of drug-likeness (QED) is 0.801. The number of aromatic nitrogens is 2. The number of hydrogen-bond donors (Lipinski definition) is 1. The van der Waals surface area contributed by atoms with Crippen molar-refractivity contribution in [2.75, 3.05) is 11.9 Å². The van der Waals surface area contributed by atoms with E-state index in [-0.39, 0.29) is 5.91 Å². The third-order valence-corrected chi connectivity index (χ3v) is 3.17. The maximum atomic E-state index is 12.4. The van der Waals surface area contributed by atoms with Crippen LogP contribution in [0.15, 0.2) is 54.9 Å². The fourth-order valence-electron chi connectivity index (χ4n) is 2.18. The fraction of sp³-hybridized carbons (Fsp3) is 0.118. The zero-order valence-corrected chi connectivity index (χ0v) is 12.1. The molecule has 0 radical (unpaired) electrons. The summed E-state index contributed by atoms with van der Waals surface area (Å²) in [5.74, 6) is 0.562. The lowest BCUT2D eigenvalue weighted by molar-refractivity contribution is 0.102. The van der Waals surface area contributed by atoms with Crippen molar-refractivity contribution in [3.05, 3.63) is 60.4 Å². The molecule has 0 atom stereocenters. The van der Waals surface area contributed by atoms with E-state index >= 15 is 0 Å². The smallest absolute Gasteiger partial charge is 0.257 e. The number of para-hydroxylation sites is 1. The molecule has 3 rings (SSSR count). The predicted molar refractivity (Wildman–Crippen MR) is 85.1 cm³/mol. The van der Waals surface area contributed by atoms with Gasteiger partial charge in [-0.3, -0.25) is 14.8 Å². The first-order chi connectivity index (χ1) is 10.8. The second kappa shape index (κ2) is 6.22. The average molecular weight is 293 g/mol. The molecule has 0 saturated carbocycles. The van der Waals surface area contributed by atoms with E-state index in [2.05, 4.69) is 15.3 Å². The van der Waals surface area contributed by atoms with E-state index in [0.29, 0.717) is 28.9 Å². The van der Waals surface area contributed by atoms with Crippen LogP contribution in [0.5, 0.6) is 5.75 Å². The Balaban J connectivity index is 1.84. The van der Waals surface area contributed by atoms with Gasteiger partial charge < -0.3 is 10.1 Å². The Kier molecular flexibility index (Phi) is 3.96. The third-order valence-electron chi connectivity index (χ3n) is 3.17. The lowest BCUT2D eigenvalue weighted by Gasteiger charge is -2.08. The molecule has 2 aromatic carbocycles. The largest absolute Gasteiger partial charge is 0.494 e. The number of amides is 1. The molecule has 22 heavy (non-hydrogen) atoms. The number of nitrogens with zero attached hydrogens (tertiary/aromatic N) is 2. The average Bonchev–Trinajstić information content (AvgIpc) is 2.56. The first-order valence-electron chi connectivity index (χ1n) is 7.02. The second-order valence-electron chi connectivity index (χ2n) is 4.64. The Hall–Kier alpha value is -2.95. The molecule has 0 saturated heterocycles. The van der Waals surface area contributed by atoms with Gasteiger partial charge in [-0.25, -0.2) is 0 Å². The second-order valence-corrected chi connectivity index (χ2v) is 4.64. The minimum atomic E-state index is -0.213. The molecule has 0 unspecified atom stereocenters. The molecule has 5 heteroatoms. The summed E-state index contributed by atoms with van der Waals surface area (Å²) in [5.41, 5.74) is 2.49. The monoisotopic (exact) mass is 293 g/mol. The number of rotatable bonds is 4. The normalized spacial score (nSPS) is 10.4. The van der Waals surface area contributed by atoms with E-state index in [9.17, 15) is 4.79 Å². The summed E-state index contributed by atoms with van der Waals surface area (Å²) in [5, 5.41) is 2.86. The van der Waals surface area contributed by atoms with Gasteiger partial charge >= 0.3 is 0 Å². The number of carbonyl (C=O) groups excluding carboxylic acids is 1. The topological polar surface area (TPSA) is 64.1 Å².